The number of rotatable bonds is 6. The summed E-state index contributed by atoms with van der Waals surface area (Å²) in [5.41, 5.74) is 19.5. The van der Waals surface area contributed by atoms with Gasteiger partial charge in [0.1, 0.15) is 36.1 Å². The maximum absolute atomic E-state index is 6.98. The molecule has 0 saturated carbocycles. The fourth-order valence-electron chi connectivity index (χ4n) is 11.4. The van der Waals surface area contributed by atoms with Crippen molar-refractivity contribution in [3.8, 4) is 11.5 Å². The van der Waals surface area contributed by atoms with E-state index in [9.17, 15) is 0 Å². The van der Waals surface area contributed by atoms with Crippen LogP contribution in [0.2, 0.25) is 0 Å². The Morgan fingerprint density at radius 1 is 0.645 bits per heavy atom. The summed E-state index contributed by atoms with van der Waals surface area (Å²) >= 11 is 0. The number of hydrogen-bond donors (Lipinski definition) is 0. The molecule has 322 valence electrons. The van der Waals surface area contributed by atoms with Crippen LogP contribution in [0.25, 0.3) is 16.7 Å². The third-order valence-electron chi connectivity index (χ3n) is 14.7. The molecular weight excluding hydrogens is 757 g/mol. The van der Waals surface area contributed by atoms with Crippen molar-refractivity contribution in [2.24, 2.45) is 10.8 Å². The van der Waals surface area contributed by atoms with Gasteiger partial charge in [0.15, 0.2) is 0 Å². The molecule has 0 radical (unpaired) electrons. The molecule has 0 spiro atoms. The van der Waals surface area contributed by atoms with Gasteiger partial charge in [0.05, 0.1) is 5.56 Å². The molecule has 0 saturated heterocycles. The Morgan fingerprint density at radius 2 is 1.32 bits per heavy atom. The van der Waals surface area contributed by atoms with Gasteiger partial charge in [-0.15, -0.1) is 0 Å². The minimum Gasteiger partial charge on any atom is -0.460 e. The average Bonchev–Trinajstić information content (AvgIpc) is 3.27. The van der Waals surface area contributed by atoms with Crippen molar-refractivity contribution in [1.82, 2.24) is 4.58 Å². The molecule has 0 N–H and O–H groups in total. The molecule has 1 aliphatic carbocycles. The van der Waals surface area contributed by atoms with Gasteiger partial charge in [-0.2, -0.15) is 0 Å². The molecule has 0 unspecified atom stereocenters. The highest BCUT2D eigenvalue weighted by Crippen LogP contribution is 2.49. The predicted octanol–water partition coefficient (Wildman–Crippen LogP) is 11.9. The van der Waals surface area contributed by atoms with E-state index in [-0.39, 0.29) is 10.8 Å². The average molecular weight is 826 g/mol. The van der Waals surface area contributed by atoms with Crippen molar-refractivity contribution in [1.29, 1.82) is 0 Å². The molecule has 0 amide bonds. The summed E-state index contributed by atoms with van der Waals surface area (Å²) in [6.07, 6.45) is 29.2. The molecule has 0 atom stereocenters. The Bertz CT molecular complexity index is 2670. The normalized spacial score (nSPS) is 21.0. The van der Waals surface area contributed by atoms with Crippen LogP contribution in [0.4, 0.5) is 5.69 Å². The molecule has 4 heteroatoms. The highest BCUT2D eigenvalue weighted by molar-refractivity contribution is 5.89. The maximum atomic E-state index is 6.98. The number of hydrogen-bond acceptors (Lipinski definition) is 3. The second-order valence-corrected chi connectivity index (χ2v) is 21.2. The Labute approximate surface area is 371 Å². The number of ether oxygens (including phenoxy) is 2. The minimum absolute atomic E-state index is 0.107. The zero-order valence-corrected chi connectivity index (χ0v) is 39.1. The molecule has 62 heavy (non-hydrogen) atoms. The van der Waals surface area contributed by atoms with E-state index in [1.54, 1.807) is 0 Å². The van der Waals surface area contributed by atoms with E-state index in [4.69, 9.17) is 9.47 Å². The summed E-state index contributed by atoms with van der Waals surface area (Å²) in [4.78, 5) is 2.64. The van der Waals surface area contributed by atoms with E-state index in [1.165, 1.54) is 114 Å². The van der Waals surface area contributed by atoms with E-state index < -0.39 is 0 Å². The lowest BCUT2D eigenvalue weighted by molar-refractivity contribution is 0.286. The fraction of sp³-hybridized carbons (Fsp3) is 0.466. The van der Waals surface area contributed by atoms with Gasteiger partial charge in [-0.3, -0.25) is 0 Å². The van der Waals surface area contributed by atoms with Crippen LogP contribution in [0.15, 0.2) is 89.5 Å². The van der Waals surface area contributed by atoms with Gasteiger partial charge in [-0.1, -0.05) is 97.9 Å². The SMILES string of the molecule is CCc1cc(CC)cc(C2=C(/C=C/C3=c4cc5c6c(c4OC(C(C)(C)C)=C3)CCC[N+]=6CCC5)CCC/C2=C\C=C2/C=C(C(C)(C)C)Oc3c2cc2c4c3CCCN4CCC2)c1. The first-order valence-corrected chi connectivity index (χ1v) is 24.4. The van der Waals surface area contributed by atoms with Crippen LogP contribution in [0.5, 0.6) is 11.5 Å². The Morgan fingerprint density at radius 3 is 2.06 bits per heavy atom. The number of allylic oxidation sites excluding steroid dienone is 12. The summed E-state index contributed by atoms with van der Waals surface area (Å²) in [7, 11) is 0. The molecule has 0 aromatic heterocycles. The van der Waals surface area contributed by atoms with Crippen molar-refractivity contribution in [3.05, 3.63) is 145 Å². The van der Waals surface area contributed by atoms with Crippen LogP contribution in [-0.4, -0.2) is 26.2 Å². The zero-order valence-electron chi connectivity index (χ0n) is 39.1. The van der Waals surface area contributed by atoms with E-state index in [0.717, 1.165) is 107 Å². The van der Waals surface area contributed by atoms with Crippen molar-refractivity contribution >= 4 is 22.4 Å². The van der Waals surface area contributed by atoms with Gasteiger partial charge >= 0.3 is 0 Å². The van der Waals surface area contributed by atoms with Crippen LogP contribution < -0.4 is 29.5 Å². The smallest absolute Gasteiger partial charge is 0.210 e. The maximum Gasteiger partial charge on any atom is 0.210 e. The number of nitrogens with zero attached hydrogens (tertiary/aromatic N) is 2. The van der Waals surface area contributed by atoms with Crippen LogP contribution in [-0.2, 0) is 38.5 Å². The van der Waals surface area contributed by atoms with Crippen LogP contribution >= 0.6 is 0 Å². The standard InChI is InChI=1S/C58H69N2O2/c1-9-37-30-38(10-2)32-45(31-37)52-39(22-24-41-35-50(57(3,4)5)61-55-46-20-14-28-59-26-12-18-43(53(46)59)33-48(41)55)16-11-17-40(52)23-25-42-36-51(58(6,7)8)62-56-47-21-15-29-60-27-13-19-44(54(47)60)34-49(42)56/h22-25,30-36H,9-21,26-29H2,1-8H3/q+1. The molecule has 6 heterocycles. The Balaban J connectivity index is 1.16. The van der Waals surface area contributed by atoms with E-state index >= 15 is 0 Å². The van der Waals surface area contributed by atoms with Gasteiger partial charge in [0.25, 0.3) is 0 Å². The molecule has 0 fully saturated rings. The highest BCUT2D eigenvalue weighted by Gasteiger charge is 2.35. The van der Waals surface area contributed by atoms with E-state index in [1.807, 2.05) is 0 Å². The number of benzene rings is 3. The van der Waals surface area contributed by atoms with Crippen molar-refractivity contribution in [3.63, 3.8) is 0 Å². The lowest BCUT2D eigenvalue weighted by atomic mass is 9.81. The number of anilines is 1. The van der Waals surface area contributed by atoms with Gasteiger partial charge in [-0.05, 0) is 145 Å². The number of aryl methyl sites for hydroxylation is 4. The second kappa shape index (κ2) is 16.1. The van der Waals surface area contributed by atoms with Crippen molar-refractivity contribution < 1.29 is 9.47 Å². The monoisotopic (exact) mass is 826 g/mol. The first kappa shape index (κ1) is 41.2. The Hall–Kier alpha value is -4.83. The fourth-order valence-corrected chi connectivity index (χ4v) is 11.4. The zero-order chi connectivity index (χ0) is 42.9. The molecule has 7 aliphatic rings. The topological polar surface area (TPSA) is 24.7 Å². The number of fused-ring (bicyclic) bond motifs is 4. The summed E-state index contributed by atoms with van der Waals surface area (Å²) in [6.45, 7) is 23.0. The van der Waals surface area contributed by atoms with Crippen molar-refractivity contribution in [2.75, 3.05) is 31.1 Å². The largest absolute Gasteiger partial charge is 0.460 e. The molecule has 6 aliphatic heterocycles. The third-order valence-corrected chi connectivity index (χ3v) is 14.7. The molecule has 4 nitrogen and oxygen atoms in total. The summed E-state index contributed by atoms with van der Waals surface area (Å²) in [5, 5.41) is 2.75. The van der Waals surface area contributed by atoms with E-state index in [0.29, 0.717) is 0 Å². The predicted molar refractivity (Wildman–Crippen MR) is 260 cm³/mol. The first-order chi connectivity index (χ1) is 29.9. The lowest BCUT2D eigenvalue weighted by Gasteiger charge is -2.40. The van der Waals surface area contributed by atoms with Gasteiger partial charge in [0.2, 0.25) is 5.36 Å². The highest BCUT2D eigenvalue weighted by atomic mass is 16.5. The quantitative estimate of drug-likeness (QED) is 0.232. The van der Waals surface area contributed by atoms with Gasteiger partial charge in [-0.25, -0.2) is 4.58 Å². The minimum atomic E-state index is -0.107. The molecule has 0 bridgehead atoms. The van der Waals surface area contributed by atoms with Crippen LogP contribution in [0.1, 0.15) is 145 Å². The molecule has 3 aromatic rings. The molecule has 10 rings (SSSR count). The molecule has 3 aromatic carbocycles. The molecular formula is C58H69N2O2+. The summed E-state index contributed by atoms with van der Waals surface area (Å²) in [5.74, 6) is 4.34. The summed E-state index contributed by atoms with van der Waals surface area (Å²) < 4.78 is 16.6. The summed E-state index contributed by atoms with van der Waals surface area (Å²) in [6, 6.07) is 12.4. The third kappa shape index (κ3) is 7.47. The first-order valence-electron chi connectivity index (χ1n) is 24.4. The lowest BCUT2D eigenvalue weighted by Crippen LogP contribution is -2.45. The van der Waals surface area contributed by atoms with Crippen molar-refractivity contribution in [2.45, 2.75) is 139 Å². The van der Waals surface area contributed by atoms with Gasteiger partial charge < -0.3 is 14.4 Å². The second-order valence-electron chi connectivity index (χ2n) is 21.2. The van der Waals surface area contributed by atoms with Gasteiger partial charge in [0, 0.05) is 64.4 Å². The van der Waals surface area contributed by atoms with Crippen LogP contribution in [0, 0.1) is 10.8 Å². The Kier molecular flexibility index (Phi) is 10.7. The van der Waals surface area contributed by atoms with Crippen LogP contribution in [0.3, 0.4) is 0 Å². The van der Waals surface area contributed by atoms with E-state index in [2.05, 4.69) is 132 Å².